The third-order valence-electron chi connectivity index (χ3n) is 4.12. The summed E-state index contributed by atoms with van der Waals surface area (Å²) in [7, 11) is 1.89. The van der Waals surface area contributed by atoms with Crippen LogP contribution >= 0.6 is 23.1 Å². The van der Waals surface area contributed by atoms with Crippen LogP contribution in [0.25, 0.3) is 10.7 Å². The van der Waals surface area contributed by atoms with Crippen LogP contribution in [0.3, 0.4) is 0 Å². The molecule has 0 radical (unpaired) electrons. The molecule has 1 aliphatic heterocycles. The van der Waals surface area contributed by atoms with Gasteiger partial charge in [0, 0.05) is 12.6 Å². The van der Waals surface area contributed by atoms with Crippen LogP contribution in [0.15, 0.2) is 40.9 Å². The number of nitrogens with zero attached hydrogens (tertiary/aromatic N) is 3. The van der Waals surface area contributed by atoms with Crippen molar-refractivity contribution in [2.75, 3.05) is 11.9 Å². The zero-order valence-electron chi connectivity index (χ0n) is 14.6. The van der Waals surface area contributed by atoms with Gasteiger partial charge >= 0.3 is 0 Å². The number of thiophene rings is 1. The summed E-state index contributed by atoms with van der Waals surface area (Å²) >= 11 is 2.95. The van der Waals surface area contributed by atoms with E-state index >= 15 is 0 Å². The minimum Gasteiger partial charge on any atom is -0.482 e. The number of thioether (sulfide) groups is 1. The van der Waals surface area contributed by atoms with Gasteiger partial charge in [-0.3, -0.25) is 9.59 Å². The maximum Gasteiger partial charge on any atom is 0.262 e. The van der Waals surface area contributed by atoms with Gasteiger partial charge in [-0.1, -0.05) is 17.8 Å². The summed E-state index contributed by atoms with van der Waals surface area (Å²) in [6.45, 7) is 1.83. The molecule has 0 fully saturated rings. The predicted octanol–water partition coefficient (Wildman–Crippen LogP) is 3.24. The quantitative estimate of drug-likeness (QED) is 0.523. The van der Waals surface area contributed by atoms with Crippen molar-refractivity contribution in [3.05, 3.63) is 41.3 Å². The van der Waals surface area contributed by atoms with Crippen molar-refractivity contribution in [1.82, 2.24) is 14.8 Å². The minimum atomic E-state index is -0.359. The zero-order chi connectivity index (χ0) is 19.0. The van der Waals surface area contributed by atoms with Crippen LogP contribution in [0.5, 0.6) is 5.75 Å². The summed E-state index contributed by atoms with van der Waals surface area (Å²) < 4.78 is 7.22. The number of aromatic nitrogens is 3. The second-order valence-electron chi connectivity index (χ2n) is 6.01. The molecule has 3 heterocycles. The van der Waals surface area contributed by atoms with Crippen molar-refractivity contribution in [2.45, 2.75) is 17.3 Å². The fourth-order valence-electron chi connectivity index (χ4n) is 2.72. The van der Waals surface area contributed by atoms with E-state index in [2.05, 4.69) is 15.5 Å². The number of hydrogen-bond donors (Lipinski definition) is 1. The summed E-state index contributed by atoms with van der Waals surface area (Å²) in [6.07, 6.45) is 0. The van der Waals surface area contributed by atoms with E-state index in [0.29, 0.717) is 22.2 Å². The smallest absolute Gasteiger partial charge is 0.262 e. The maximum atomic E-state index is 12.8. The molecule has 7 nitrogen and oxygen atoms in total. The number of ether oxygens (including phenoxy) is 1. The average Bonchev–Trinajstić information content (AvgIpc) is 3.31. The van der Waals surface area contributed by atoms with E-state index in [4.69, 9.17) is 4.74 Å². The number of ketones is 1. The molecule has 3 aromatic rings. The van der Waals surface area contributed by atoms with Crippen LogP contribution in [-0.2, 0) is 11.8 Å². The van der Waals surface area contributed by atoms with Crippen molar-refractivity contribution >= 4 is 40.5 Å². The fraction of sp³-hybridized carbons (Fsp3) is 0.222. The van der Waals surface area contributed by atoms with Gasteiger partial charge in [0.1, 0.15) is 5.75 Å². The molecule has 1 unspecified atom stereocenters. The standard InChI is InChI=1S/C18H16N4O3S2/c1-10(27-18-21-20-17(22(18)2)14-4-3-7-26-14)16(24)11-5-6-13-12(8-11)19-15(23)9-25-13/h3-8,10H,9H2,1-2H3,(H,19,23). The van der Waals surface area contributed by atoms with Gasteiger partial charge in [-0.15, -0.1) is 21.5 Å². The topological polar surface area (TPSA) is 86.1 Å². The lowest BCUT2D eigenvalue weighted by Gasteiger charge is -2.19. The van der Waals surface area contributed by atoms with Gasteiger partial charge in [0.15, 0.2) is 23.4 Å². The van der Waals surface area contributed by atoms with Crippen LogP contribution in [0.2, 0.25) is 0 Å². The molecule has 0 spiro atoms. The molecule has 0 saturated carbocycles. The number of Topliss-reactive ketones (excluding diaryl/α,β-unsaturated/α-hetero) is 1. The van der Waals surface area contributed by atoms with E-state index in [-0.39, 0.29) is 23.5 Å². The first kappa shape index (κ1) is 17.7. The lowest BCUT2D eigenvalue weighted by atomic mass is 10.1. The summed E-state index contributed by atoms with van der Waals surface area (Å²) in [5.74, 6) is 1.07. The number of benzene rings is 1. The highest BCUT2D eigenvalue weighted by molar-refractivity contribution is 8.00. The van der Waals surface area contributed by atoms with Crippen molar-refractivity contribution in [3.8, 4) is 16.5 Å². The van der Waals surface area contributed by atoms with Crippen molar-refractivity contribution in [3.63, 3.8) is 0 Å². The largest absolute Gasteiger partial charge is 0.482 e. The number of amides is 1. The molecule has 1 aromatic carbocycles. The van der Waals surface area contributed by atoms with Gasteiger partial charge < -0.3 is 14.6 Å². The molecule has 0 saturated heterocycles. The van der Waals surface area contributed by atoms with Crippen molar-refractivity contribution < 1.29 is 14.3 Å². The SMILES string of the molecule is CC(Sc1nnc(-c2cccs2)n1C)C(=O)c1ccc2c(c1)NC(=O)CO2. The molecule has 138 valence electrons. The number of carbonyl (C=O) groups is 2. The first-order valence-corrected chi connectivity index (χ1v) is 9.99. The Balaban J connectivity index is 1.52. The van der Waals surface area contributed by atoms with E-state index in [1.165, 1.54) is 11.8 Å². The van der Waals surface area contributed by atoms with E-state index in [1.54, 1.807) is 29.5 Å². The molecule has 0 bridgehead atoms. The van der Waals surface area contributed by atoms with Gasteiger partial charge in [0.25, 0.3) is 5.91 Å². The Morgan fingerprint density at radius 2 is 2.22 bits per heavy atom. The molecule has 1 aliphatic rings. The third kappa shape index (κ3) is 3.47. The van der Waals surface area contributed by atoms with Crippen molar-refractivity contribution in [1.29, 1.82) is 0 Å². The van der Waals surface area contributed by atoms with Gasteiger partial charge in [-0.25, -0.2) is 0 Å². The number of anilines is 1. The second kappa shape index (κ2) is 7.16. The van der Waals surface area contributed by atoms with E-state index in [9.17, 15) is 9.59 Å². The Labute approximate surface area is 163 Å². The number of nitrogens with one attached hydrogen (secondary N) is 1. The molecule has 1 N–H and O–H groups in total. The number of rotatable bonds is 5. The highest BCUT2D eigenvalue weighted by atomic mass is 32.2. The second-order valence-corrected chi connectivity index (χ2v) is 8.27. The summed E-state index contributed by atoms with van der Waals surface area (Å²) in [5.41, 5.74) is 1.04. The molecule has 1 atom stereocenters. The Kier molecular flexibility index (Phi) is 4.71. The number of hydrogen-bond acceptors (Lipinski definition) is 7. The van der Waals surface area contributed by atoms with Crippen LogP contribution in [0.1, 0.15) is 17.3 Å². The molecule has 4 rings (SSSR count). The van der Waals surface area contributed by atoms with Gasteiger partial charge in [-0.2, -0.15) is 0 Å². The van der Waals surface area contributed by atoms with Crippen LogP contribution < -0.4 is 10.1 Å². The first-order valence-electron chi connectivity index (χ1n) is 8.24. The van der Waals surface area contributed by atoms with Crippen LogP contribution in [0.4, 0.5) is 5.69 Å². The number of carbonyl (C=O) groups excluding carboxylic acids is 2. The Morgan fingerprint density at radius 3 is 3.00 bits per heavy atom. The van der Waals surface area contributed by atoms with E-state index in [0.717, 1.165) is 10.7 Å². The minimum absolute atomic E-state index is 0.00865. The van der Waals surface area contributed by atoms with Gasteiger partial charge in [-0.05, 0) is 36.6 Å². The molecule has 9 heteroatoms. The third-order valence-corrected chi connectivity index (χ3v) is 6.12. The molecular weight excluding hydrogens is 384 g/mol. The normalized spacial score (nSPS) is 14.2. The van der Waals surface area contributed by atoms with Crippen molar-refractivity contribution in [2.24, 2.45) is 7.05 Å². The summed E-state index contributed by atoms with van der Waals surface area (Å²) in [4.78, 5) is 25.3. The highest BCUT2D eigenvalue weighted by Crippen LogP contribution is 2.32. The Hall–Kier alpha value is -2.65. The number of fused-ring (bicyclic) bond motifs is 1. The summed E-state index contributed by atoms with van der Waals surface area (Å²) in [6, 6.07) is 9.02. The predicted molar refractivity (Wildman–Crippen MR) is 105 cm³/mol. The van der Waals surface area contributed by atoms with Crippen LogP contribution in [0, 0.1) is 0 Å². The fourth-order valence-corrected chi connectivity index (χ4v) is 4.36. The first-order chi connectivity index (χ1) is 13.0. The molecule has 27 heavy (non-hydrogen) atoms. The van der Waals surface area contributed by atoms with E-state index in [1.807, 2.05) is 36.1 Å². The molecular formula is C18H16N4O3S2. The maximum absolute atomic E-state index is 12.8. The summed E-state index contributed by atoms with van der Waals surface area (Å²) in [5, 5.41) is 13.5. The zero-order valence-corrected chi connectivity index (χ0v) is 16.3. The molecule has 0 aliphatic carbocycles. The van der Waals surface area contributed by atoms with E-state index < -0.39 is 0 Å². The lowest BCUT2D eigenvalue weighted by molar-refractivity contribution is -0.118. The average molecular weight is 400 g/mol. The van der Waals surface area contributed by atoms with Crippen LogP contribution in [-0.4, -0.2) is 38.3 Å². The Bertz CT molecular complexity index is 1010. The molecule has 1 amide bonds. The lowest BCUT2D eigenvalue weighted by Crippen LogP contribution is -2.25. The highest BCUT2D eigenvalue weighted by Gasteiger charge is 2.23. The Morgan fingerprint density at radius 1 is 1.37 bits per heavy atom. The van der Waals surface area contributed by atoms with Gasteiger partial charge in [0.2, 0.25) is 0 Å². The van der Waals surface area contributed by atoms with Gasteiger partial charge in [0.05, 0.1) is 15.8 Å². The molecule has 2 aromatic heterocycles. The monoisotopic (exact) mass is 400 g/mol.